The number of halogens is 1. The number of methoxy groups -OCH3 is 1. The molecule has 0 aliphatic rings. The van der Waals surface area contributed by atoms with Crippen molar-refractivity contribution >= 4 is 21.9 Å². The first-order chi connectivity index (χ1) is 6.17. The van der Waals surface area contributed by atoms with E-state index in [4.69, 9.17) is 0 Å². The third-order valence-corrected chi connectivity index (χ3v) is 2.30. The summed E-state index contributed by atoms with van der Waals surface area (Å²) in [5.74, 6) is -0.294. The van der Waals surface area contributed by atoms with Gasteiger partial charge >= 0.3 is 5.97 Å². The van der Waals surface area contributed by atoms with Crippen LogP contribution < -0.4 is 0 Å². The molecule has 0 fully saturated rings. The highest BCUT2D eigenvalue weighted by Gasteiger charge is 2.07. The molecule has 72 valence electrons. The molecule has 0 unspecified atom stereocenters. The number of esters is 1. The summed E-state index contributed by atoms with van der Waals surface area (Å²) in [6.45, 7) is 2.17. The molecule has 5 heteroatoms. The predicted octanol–water partition coefficient (Wildman–Crippen LogP) is 1.38. The van der Waals surface area contributed by atoms with Crippen molar-refractivity contribution in [1.29, 1.82) is 0 Å². The first kappa shape index (κ1) is 10.2. The number of carbonyl (C=O) groups excluding carboxylic acids is 1. The van der Waals surface area contributed by atoms with Crippen LogP contribution in [0.25, 0.3) is 0 Å². The molecule has 0 amide bonds. The third kappa shape index (κ3) is 2.55. The second-order valence-corrected chi connectivity index (χ2v) is 3.41. The largest absolute Gasteiger partial charge is 0.468 e. The summed E-state index contributed by atoms with van der Waals surface area (Å²) < 4.78 is 7.02. The van der Waals surface area contributed by atoms with E-state index < -0.39 is 0 Å². The van der Waals surface area contributed by atoms with Crippen molar-refractivity contribution in [2.75, 3.05) is 7.11 Å². The van der Waals surface area contributed by atoms with Gasteiger partial charge in [0.25, 0.3) is 0 Å². The smallest absolute Gasteiger partial charge is 0.327 e. The monoisotopic (exact) mass is 246 g/mol. The number of aromatic nitrogens is 2. The maximum Gasteiger partial charge on any atom is 0.327 e. The van der Waals surface area contributed by atoms with Gasteiger partial charge in [-0.05, 0) is 22.4 Å². The molecular formula is C8H11BrN2O2. The molecule has 0 N–H and O–H groups in total. The van der Waals surface area contributed by atoms with E-state index >= 15 is 0 Å². The molecule has 0 aliphatic heterocycles. The number of carbonyl (C=O) groups is 1. The molecule has 0 bridgehead atoms. The lowest BCUT2D eigenvalue weighted by molar-refractivity contribution is -0.141. The van der Waals surface area contributed by atoms with Crippen LogP contribution in [-0.4, -0.2) is 22.9 Å². The van der Waals surface area contributed by atoms with Gasteiger partial charge in [-0.15, -0.1) is 0 Å². The Morgan fingerprint density at radius 3 is 2.92 bits per heavy atom. The highest BCUT2D eigenvalue weighted by molar-refractivity contribution is 9.10. The second-order valence-electron chi connectivity index (χ2n) is 2.55. The fraction of sp³-hybridized carbons (Fsp3) is 0.500. The Morgan fingerprint density at radius 1 is 1.77 bits per heavy atom. The molecule has 0 saturated heterocycles. The van der Waals surface area contributed by atoms with Crippen LogP contribution in [0.5, 0.6) is 0 Å². The van der Waals surface area contributed by atoms with Gasteiger partial charge in [0.2, 0.25) is 0 Å². The van der Waals surface area contributed by atoms with Crippen LogP contribution in [0, 0.1) is 0 Å². The zero-order chi connectivity index (χ0) is 9.84. The Hall–Kier alpha value is -0.840. The number of hydrogen-bond acceptors (Lipinski definition) is 3. The maximum absolute atomic E-state index is 10.9. The molecule has 0 atom stereocenters. The van der Waals surface area contributed by atoms with Crippen molar-refractivity contribution in [1.82, 2.24) is 9.78 Å². The summed E-state index contributed by atoms with van der Waals surface area (Å²) in [5, 5.41) is 4.19. The molecule has 13 heavy (non-hydrogen) atoms. The Balaban J connectivity index is 2.73. The number of rotatable bonds is 3. The summed E-state index contributed by atoms with van der Waals surface area (Å²) in [7, 11) is 1.36. The first-order valence-electron chi connectivity index (χ1n) is 3.96. The minimum Gasteiger partial charge on any atom is -0.468 e. The van der Waals surface area contributed by atoms with E-state index in [1.54, 1.807) is 10.9 Å². The molecule has 4 nitrogen and oxygen atoms in total. The van der Waals surface area contributed by atoms with E-state index in [1.165, 1.54) is 7.11 Å². The van der Waals surface area contributed by atoms with Crippen molar-refractivity contribution in [2.24, 2.45) is 0 Å². The molecule has 0 aliphatic carbocycles. The average Bonchev–Trinajstić information content (AvgIpc) is 2.46. The molecular weight excluding hydrogens is 236 g/mol. The molecule has 1 aromatic rings. The van der Waals surface area contributed by atoms with Crippen LogP contribution in [0.1, 0.15) is 12.6 Å². The van der Waals surface area contributed by atoms with Crippen LogP contribution in [0.15, 0.2) is 10.7 Å². The number of hydrogen-bond donors (Lipinski definition) is 0. The van der Waals surface area contributed by atoms with Gasteiger partial charge in [-0.25, -0.2) is 0 Å². The summed E-state index contributed by atoms with van der Waals surface area (Å²) in [6, 6.07) is 0. The average molecular weight is 247 g/mol. The molecule has 1 rings (SSSR count). The molecule has 0 aromatic carbocycles. The van der Waals surface area contributed by atoms with Gasteiger partial charge in [-0.1, -0.05) is 6.92 Å². The third-order valence-electron chi connectivity index (χ3n) is 1.64. The number of nitrogens with zero attached hydrogens (tertiary/aromatic N) is 2. The van der Waals surface area contributed by atoms with Gasteiger partial charge in [-0.3, -0.25) is 9.48 Å². The van der Waals surface area contributed by atoms with Gasteiger partial charge in [0, 0.05) is 6.20 Å². The molecule has 0 spiro atoms. The predicted molar refractivity (Wildman–Crippen MR) is 51.3 cm³/mol. The summed E-state index contributed by atoms with van der Waals surface area (Å²) in [5.41, 5.74) is 0.948. The summed E-state index contributed by atoms with van der Waals surface area (Å²) in [6.07, 6.45) is 2.62. The Bertz CT molecular complexity index is 309. The van der Waals surface area contributed by atoms with E-state index in [0.29, 0.717) is 0 Å². The molecule has 1 aromatic heterocycles. The van der Waals surface area contributed by atoms with Gasteiger partial charge in [0.05, 0.1) is 17.3 Å². The van der Waals surface area contributed by atoms with Crippen LogP contribution in [0.3, 0.4) is 0 Å². The Labute approximate surface area is 85.0 Å². The van der Waals surface area contributed by atoms with E-state index in [1.807, 2.05) is 6.92 Å². The molecule has 0 radical (unpaired) electrons. The van der Waals surface area contributed by atoms with Gasteiger partial charge in [0.15, 0.2) is 0 Å². The Kier molecular flexibility index (Phi) is 3.48. The highest BCUT2D eigenvalue weighted by atomic mass is 79.9. The minimum atomic E-state index is -0.294. The molecule has 1 heterocycles. The fourth-order valence-corrected chi connectivity index (χ4v) is 1.55. The van der Waals surface area contributed by atoms with Gasteiger partial charge < -0.3 is 4.74 Å². The van der Waals surface area contributed by atoms with E-state index in [9.17, 15) is 4.79 Å². The van der Waals surface area contributed by atoms with Crippen molar-refractivity contribution in [3.05, 3.63) is 16.4 Å². The van der Waals surface area contributed by atoms with Gasteiger partial charge in [0.1, 0.15) is 6.54 Å². The van der Waals surface area contributed by atoms with Crippen LogP contribution >= 0.6 is 15.9 Å². The topological polar surface area (TPSA) is 44.1 Å². The van der Waals surface area contributed by atoms with Crippen molar-refractivity contribution < 1.29 is 9.53 Å². The van der Waals surface area contributed by atoms with Crippen LogP contribution in [0.4, 0.5) is 0 Å². The summed E-state index contributed by atoms with van der Waals surface area (Å²) in [4.78, 5) is 10.9. The number of ether oxygens (including phenoxy) is 1. The fourth-order valence-electron chi connectivity index (χ4n) is 0.954. The normalized spacial score (nSPS) is 10.1. The van der Waals surface area contributed by atoms with Crippen molar-refractivity contribution in [2.45, 2.75) is 19.9 Å². The van der Waals surface area contributed by atoms with Gasteiger partial charge in [-0.2, -0.15) is 5.10 Å². The lowest BCUT2D eigenvalue weighted by Crippen LogP contribution is -2.11. The highest BCUT2D eigenvalue weighted by Crippen LogP contribution is 2.14. The number of aryl methyl sites for hydroxylation is 1. The zero-order valence-electron chi connectivity index (χ0n) is 7.58. The SMILES string of the molecule is CCc1nn(CC(=O)OC)cc1Br. The van der Waals surface area contributed by atoms with E-state index in [0.717, 1.165) is 16.6 Å². The first-order valence-corrected chi connectivity index (χ1v) is 4.75. The standard InChI is InChI=1S/C8H11BrN2O2/c1-3-7-6(9)4-11(10-7)5-8(12)13-2/h4H,3,5H2,1-2H3. The maximum atomic E-state index is 10.9. The lowest BCUT2D eigenvalue weighted by atomic mass is 10.3. The molecule has 0 saturated carbocycles. The quantitative estimate of drug-likeness (QED) is 0.758. The van der Waals surface area contributed by atoms with Crippen LogP contribution in [-0.2, 0) is 22.5 Å². The zero-order valence-corrected chi connectivity index (χ0v) is 9.17. The van der Waals surface area contributed by atoms with Crippen molar-refractivity contribution in [3.63, 3.8) is 0 Å². The van der Waals surface area contributed by atoms with Crippen molar-refractivity contribution in [3.8, 4) is 0 Å². The minimum absolute atomic E-state index is 0.162. The van der Waals surface area contributed by atoms with E-state index in [-0.39, 0.29) is 12.5 Å². The van der Waals surface area contributed by atoms with Crippen LogP contribution in [0.2, 0.25) is 0 Å². The summed E-state index contributed by atoms with van der Waals surface area (Å²) >= 11 is 3.35. The second kappa shape index (κ2) is 4.41. The lowest BCUT2D eigenvalue weighted by Gasteiger charge is -1.97. The Morgan fingerprint density at radius 2 is 2.46 bits per heavy atom. The van der Waals surface area contributed by atoms with E-state index in [2.05, 4.69) is 25.8 Å².